The molecule has 1 saturated heterocycles. The highest BCUT2D eigenvalue weighted by Gasteiger charge is 2.40. The smallest absolute Gasteiger partial charge is 0.329 e. The van der Waals surface area contributed by atoms with Gasteiger partial charge in [-0.05, 0) is 32.6 Å². The van der Waals surface area contributed by atoms with Crippen molar-refractivity contribution < 1.29 is 19.4 Å². The number of nitrogens with zero attached hydrogens (tertiary/aromatic N) is 1. The lowest BCUT2D eigenvalue weighted by atomic mass is 9.92. The van der Waals surface area contributed by atoms with Crippen molar-refractivity contribution in [2.75, 3.05) is 20.2 Å². The van der Waals surface area contributed by atoms with E-state index in [2.05, 4.69) is 5.32 Å². The standard InChI is InChI=1S/C14H26N2O4/c1-5-14(6-2,11(17)18)15-12(19)16-9-7-8-13(3,10-16)20-4/h5-10H2,1-4H3,(H,15,19)(H,17,18). The molecule has 0 aliphatic carbocycles. The van der Waals surface area contributed by atoms with Crippen LogP contribution in [0.2, 0.25) is 0 Å². The van der Waals surface area contributed by atoms with Crippen LogP contribution in [0.25, 0.3) is 0 Å². The first-order valence-corrected chi connectivity index (χ1v) is 7.18. The highest BCUT2D eigenvalue weighted by molar-refractivity contribution is 5.86. The molecule has 1 rings (SSSR count). The summed E-state index contributed by atoms with van der Waals surface area (Å²) < 4.78 is 5.45. The minimum Gasteiger partial charge on any atom is -0.480 e. The quantitative estimate of drug-likeness (QED) is 0.808. The van der Waals surface area contributed by atoms with E-state index in [1.807, 2.05) is 6.92 Å². The van der Waals surface area contributed by atoms with E-state index in [1.54, 1.807) is 25.9 Å². The number of hydrogen-bond donors (Lipinski definition) is 2. The van der Waals surface area contributed by atoms with Gasteiger partial charge in [0.15, 0.2) is 0 Å². The molecule has 0 bridgehead atoms. The minimum atomic E-state index is -1.18. The van der Waals surface area contributed by atoms with Crippen LogP contribution in [0.5, 0.6) is 0 Å². The summed E-state index contributed by atoms with van der Waals surface area (Å²) in [5.41, 5.74) is -1.53. The van der Waals surface area contributed by atoms with Crippen LogP contribution in [0.3, 0.4) is 0 Å². The molecule has 1 heterocycles. The Morgan fingerprint density at radius 3 is 2.45 bits per heavy atom. The molecule has 6 nitrogen and oxygen atoms in total. The van der Waals surface area contributed by atoms with Crippen LogP contribution in [0.1, 0.15) is 46.5 Å². The lowest BCUT2D eigenvalue weighted by Gasteiger charge is -2.41. The molecule has 2 amide bonds. The molecule has 1 aliphatic rings. The van der Waals surface area contributed by atoms with Gasteiger partial charge in [-0.2, -0.15) is 0 Å². The van der Waals surface area contributed by atoms with Gasteiger partial charge in [-0.3, -0.25) is 0 Å². The number of carbonyl (C=O) groups is 2. The van der Waals surface area contributed by atoms with Crippen LogP contribution < -0.4 is 5.32 Å². The second-order valence-electron chi connectivity index (χ2n) is 5.70. The van der Waals surface area contributed by atoms with Crippen LogP contribution in [0.15, 0.2) is 0 Å². The van der Waals surface area contributed by atoms with Crippen molar-refractivity contribution in [2.24, 2.45) is 0 Å². The van der Waals surface area contributed by atoms with Crippen LogP contribution in [-0.4, -0.2) is 53.3 Å². The first-order valence-electron chi connectivity index (χ1n) is 7.18. The van der Waals surface area contributed by atoms with Crippen LogP contribution in [-0.2, 0) is 9.53 Å². The molecule has 6 heteroatoms. The van der Waals surface area contributed by atoms with Gasteiger partial charge in [-0.25, -0.2) is 9.59 Å². The van der Waals surface area contributed by atoms with Gasteiger partial charge >= 0.3 is 12.0 Å². The van der Waals surface area contributed by atoms with Crippen molar-refractivity contribution in [3.8, 4) is 0 Å². The summed E-state index contributed by atoms with van der Waals surface area (Å²) in [6.45, 7) is 6.63. The number of rotatable bonds is 5. The van der Waals surface area contributed by atoms with Gasteiger partial charge in [0.25, 0.3) is 0 Å². The normalized spacial score (nSPS) is 23.5. The number of amides is 2. The maximum atomic E-state index is 12.3. The molecule has 1 fully saturated rings. The fraction of sp³-hybridized carbons (Fsp3) is 0.857. The van der Waals surface area contributed by atoms with E-state index < -0.39 is 11.5 Å². The number of aliphatic carboxylic acids is 1. The molecule has 0 radical (unpaired) electrons. The molecule has 2 N–H and O–H groups in total. The lowest BCUT2D eigenvalue weighted by molar-refractivity contribution is -0.144. The van der Waals surface area contributed by atoms with Crippen molar-refractivity contribution in [1.82, 2.24) is 10.2 Å². The Morgan fingerprint density at radius 2 is 2.00 bits per heavy atom. The summed E-state index contributed by atoms with van der Waals surface area (Å²) in [4.78, 5) is 25.4. The number of carbonyl (C=O) groups excluding carboxylic acids is 1. The van der Waals surface area contributed by atoms with Crippen molar-refractivity contribution in [3.05, 3.63) is 0 Å². The summed E-state index contributed by atoms with van der Waals surface area (Å²) in [5.74, 6) is -0.984. The Labute approximate surface area is 120 Å². The SMILES string of the molecule is CCC(CC)(NC(=O)N1CCCC(C)(OC)C1)C(=O)O. The first kappa shape index (κ1) is 16.8. The van der Waals surface area contributed by atoms with Crippen molar-refractivity contribution in [3.63, 3.8) is 0 Å². The molecule has 1 atom stereocenters. The topological polar surface area (TPSA) is 78.9 Å². The van der Waals surface area contributed by atoms with Crippen molar-refractivity contribution in [1.29, 1.82) is 0 Å². The van der Waals surface area contributed by atoms with Gasteiger partial charge in [0.2, 0.25) is 0 Å². The highest BCUT2D eigenvalue weighted by Crippen LogP contribution is 2.24. The third-order valence-corrected chi connectivity index (χ3v) is 4.40. The highest BCUT2D eigenvalue weighted by atomic mass is 16.5. The third-order valence-electron chi connectivity index (χ3n) is 4.40. The number of urea groups is 1. The fourth-order valence-electron chi connectivity index (χ4n) is 2.61. The number of methoxy groups -OCH3 is 1. The summed E-state index contributed by atoms with van der Waals surface area (Å²) in [5, 5.41) is 12.1. The Morgan fingerprint density at radius 1 is 1.40 bits per heavy atom. The molecule has 0 aromatic carbocycles. The number of nitrogens with one attached hydrogen (secondary N) is 1. The molecule has 0 aromatic rings. The zero-order chi connectivity index (χ0) is 15.4. The molecule has 116 valence electrons. The third kappa shape index (κ3) is 3.42. The van der Waals surface area contributed by atoms with Gasteiger partial charge in [0.05, 0.1) is 12.1 Å². The molecule has 1 aliphatic heterocycles. The van der Waals surface area contributed by atoms with Crippen LogP contribution >= 0.6 is 0 Å². The lowest BCUT2D eigenvalue weighted by Crippen LogP contribution is -2.60. The molecule has 0 spiro atoms. The monoisotopic (exact) mass is 286 g/mol. The number of ether oxygens (including phenoxy) is 1. The Bertz CT molecular complexity index is 368. The Kier molecular flexibility index (Phi) is 5.39. The summed E-state index contributed by atoms with van der Waals surface area (Å²) in [6.07, 6.45) is 2.48. The van der Waals surface area contributed by atoms with E-state index in [4.69, 9.17) is 4.74 Å². The second-order valence-corrected chi connectivity index (χ2v) is 5.70. The maximum absolute atomic E-state index is 12.3. The van der Waals surface area contributed by atoms with Gasteiger partial charge in [-0.15, -0.1) is 0 Å². The van der Waals surface area contributed by atoms with E-state index in [0.29, 0.717) is 25.9 Å². The number of hydrogen-bond acceptors (Lipinski definition) is 3. The van der Waals surface area contributed by atoms with Gasteiger partial charge < -0.3 is 20.1 Å². The van der Waals surface area contributed by atoms with Gasteiger partial charge in [0, 0.05) is 13.7 Å². The van der Waals surface area contributed by atoms with E-state index in [-0.39, 0.29) is 11.6 Å². The minimum absolute atomic E-state index is 0.320. The fourth-order valence-corrected chi connectivity index (χ4v) is 2.61. The van der Waals surface area contributed by atoms with E-state index in [9.17, 15) is 14.7 Å². The summed E-state index contributed by atoms with van der Waals surface area (Å²) in [6, 6.07) is -0.320. The first-order chi connectivity index (χ1) is 9.32. The van der Waals surface area contributed by atoms with Crippen LogP contribution in [0.4, 0.5) is 4.79 Å². The molecule has 1 unspecified atom stereocenters. The second kappa shape index (κ2) is 6.43. The average Bonchev–Trinajstić information content (AvgIpc) is 2.44. The van der Waals surface area contributed by atoms with E-state index in [0.717, 1.165) is 12.8 Å². The zero-order valence-electron chi connectivity index (χ0n) is 12.9. The summed E-state index contributed by atoms with van der Waals surface area (Å²) in [7, 11) is 1.64. The van der Waals surface area contributed by atoms with Crippen molar-refractivity contribution in [2.45, 2.75) is 57.6 Å². The molecular formula is C14H26N2O4. The number of carboxylic acids is 1. The van der Waals surface area contributed by atoms with E-state index >= 15 is 0 Å². The average molecular weight is 286 g/mol. The number of likely N-dealkylation sites (tertiary alicyclic amines) is 1. The van der Waals surface area contributed by atoms with Gasteiger partial charge in [0.1, 0.15) is 5.54 Å². The Balaban J connectivity index is 2.77. The predicted molar refractivity (Wildman–Crippen MR) is 75.7 cm³/mol. The molecule has 0 saturated carbocycles. The number of piperidine rings is 1. The van der Waals surface area contributed by atoms with E-state index in [1.165, 1.54) is 0 Å². The van der Waals surface area contributed by atoms with Crippen LogP contribution in [0, 0.1) is 0 Å². The number of carboxylic acid groups (broad SMARTS) is 1. The Hall–Kier alpha value is -1.30. The zero-order valence-corrected chi connectivity index (χ0v) is 12.9. The molecule has 0 aromatic heterocycles. The maximum Gasteiger partial charge on any atom is 0.329 e. The summed E-state index contributed by atoms with van der Waals surface area (Å²) >= 11 is 0. The van der Waals surface area contributed by atoms with Gasteiger partial charge in [-0.1, -0.05) is 13.8 Å². The predicted octanol–water partition coefficient (Wildman–Crippen LogP) is 1.84. The molecule has 20 heavy (non-hydrogen) atoms. The van der Waals surface area contributed by atoms with Crippen molar-refractivity contribution >= 4 is 12.0 Å². The molecular weight excluding hydrogens is 260 g/mol. The largest absolute Gasteiger partial charge is 0.480 e.